The molecule has 9 nitrogen and oxygen atoms in total. The van der Waals surface area contributed by atoms with Crippen molar-refractivity contribution in [3.63, 3.8) is 0 Å². The number of nitrogen functional groups attached to an aromatic ring is 1. The maximum absolute atomic E-state index is 12.0. The summed E-state index contributed by atoms with van der Waals surface area (Å²) < 4.78 is 13.7. The van der Waals surface area contributed by atoms with Crippen molar-refractivity contribution in [2.45, 2.75) is 6.92 Å². The molecule has 0 bridgehead atoms. The number of hydrogen-bond acceptors (Lipinski definition) is 7. The number of amides is 1. The molecule has 6 rings (SSSR count). The monoisotopic (exact) mass is 520 g/mol. The van der Waals surface area contributed by atoms with Gasteiger partial charge in [-0.1, -0.05) is 24.6 Å². The molecule has 3 atom stereocenters. The minimum atomic E-state index is -0.0153. The topological polar surface area (TPSA) is 108 Å². The SMILES string of the molecule is C=CC(=O)N1C[C@@H]2[C@@H](C#Cc3c(-c4ccc(Oc5cccc(C)n5)c(OC)c4)c4c(N)ncnc4n3C)[C@@H]2C1. The van der Waals surface area contributed by atoms with Gasteiger partial charge in [0.05, 0.1) is 12.5 Å². The number of benzene rings is 1. The number of methoxy groups -OCH3 is 1. The van der Waals surface area contributed by atoms with E-state index in [9.17, 15) is 4.79 Å². The number of carbonyl (C=O) groups excluding carboxylic acids is 1. The van der Waals surface area contributed by atoms with Crippen LogP contribution in [0.5, 0.6) is 17.4 Å². The summed E-state index contributed by atoms with van der Waals surface area (Å²) in [5.74, 6) is 9.89. The van der Waals surface area contributed by atoms with Crippen LogP contribution in [0.3, 0.4) is 0 Å². The number of carbonyl (C=O) groups is 1. The Labute approximate surface area is 226 Å². The zero-order valence-corrected chi connectivity index (χ0v) is 22.0. The number of fused-ring (bicyclic) bond motifs is 2. The van der Waals surface area contributed by atoms with Gasteiger partial charge in [0.2, 0.25) is 11.8 Å². The lowest BCUT2D eigenvalue weighted by Gasteiger charge is -2.16. The number of pyridine rings is 1. The number of piperidine rings is 1. The van der Waals surface area contributed by atoms with Crippen LogP contribution < -0.4 is 15.2 Å². The van der Waals surface area contributed by atoms with Gasteiger partial charge in [0.25, 0.3) is 0 Å². The highest BCUT2D eigenvalue weighted by atomic mass is 16.5. The molecule has 4 heterocycles. The van der Waals surface area contributed by atoms with Crippen molar-refractivity contribution in [2.75, 3.05) is 25.9 Å². The molecule has 196 valence electrons. The van der Waals surface area contributed by atoms with Gasteiger partial charge in [0, 0.05) is 43.4 Å². The van der Waals surface area contributed by atoms with Gasteiger partial charge >= 0.3 is 0 Å². The van der Waals surface area contributed by atoms with E-state index in [0.717, 1.165) is 41.0 Å². The van der Waals surface area contributed by atoms with Gasteiger partial charge < -0.3 is 24.7 Å². The number of nitrogens with zero attached hydrogens (tertiary/aromatic N) is 5. The van der Waals surface area contributed by atoms with Crippen LogP contribution in [-0.4, -0.2) is 50.5 Å². The Morgan fingerprint density at radius 2 is 1.97 bits per heavy atom. The molecule has 0 radical (unpaired) electrons. The Balaban J connectivity index is 1.38. The summed E-state index contributed by atoms with van der Waals surface area (Å²) in [6.45, 7) is 6.96. The molecule has 0 spiro atoms. The summed E-state index contributed by atoms with van der Waals surface area (Å²) in [4.78, 5) is 27.0. The van der Waals surface area contributed by atoms with Gasteiger partial charge in [0.15, 0.2) is 11.5 Å². The van der Waals surface area contributed by atoms with E-state index in [1.165, 1.54) is 12.4 Å². The summed E-state index contributed by atoms with van der Waals surface area (Å²) in [5, 5.41) is 0.735. The molecule has 4 aromatic rings. The molecule has 1 saturated carbocycles. The number of aromatic nitrogens is 4. The van der Waals surface area contributed by atoms with Crippen molar-refractivity contribution >= 4 is 22.8 Å². The van der Waals surface area contributed by atoms with Crippen LogP contribution in [0.2, 0.25) is 0 Å². The van der Waals surface area contributed by atoms with E-state index in [-0.39, 0.29) is 11.8 Å². The first kappa shape index (κ1) is 24.5. The maximum atomic E-state index is 12.0. The molecule has 9 heteroatoms. The number of hydrogen-bond donors (Lipinski definition) is 1. The molecule has 39 heavy (non-hydrogen) atoms. The third-order valence-corrected chi connectivity index (χ3v) is 7.56. The lowest BCUT2D eigenvalue weighted by Crippen LogP contribution is -2.29. The number of aryl methyl sites for hydroxylation is 2. The molecule has 2 fully saturated rings. The molecular weight excluding hydrogens is 492 g/mol. The zero-order chi connectivity index (χ0) is 27.3. The fourth-order valence-electron chi connectivity index (χ4n) is 5.50. The summed E-state index contributed by atoms with van der Waals surface area (Å²) in [6, 6.07) is 11.3. The Morgan fingerprint density at radius 1 is 1.18 bits per heavy atom. The number of nitrogens with two attached hydrogens (primary N) is 1. The predicted octanol–water partition coefficient (Wildman–Crippen LogP) is 3.96. The summed E-state index contributed by atoms with van der Waals surface area (Å²) >= 11 is 0. The number of anilines is 1. The van der Waals surface area contributed by atoms with E-state index in [1.54, 1.807) is 13.2 Å². The van der Waals surface area contributed by atoms with Crippen LogP contribution in [0.25, 0.3) is 22.2 Å². The van der Waals surface area contributed by atoms with E-state index < -0.39 is 0 Å². The second-order valence-corrected chi connectivity index (χ2v) is 9.90. The quantitative estimate of drug-likeness (QED) is 0.313. The Kier molecular flexibility index (Phi) is 5.95. The molecule has 3 aromatic heterocycles. The standard InChI is InChI=1S/C30H28N6O3/c1-5-26(37)36-14-20-19(21(20)15-36)10-11-22-27(28-29(31)32-16-33-30(28)35(22)3)18-9-12-23(24(13-18)38-4)39-25-8-6-7-17(2)34-25/h5-9,12-13,16,19-21H,1,14-15H2,2-4H3,(H2,31,32,33)/t19-,20-,21+. The summed E-state index contributed by atoms with van der Waals surface area (Å²) in [7, 11) is 3.53. The Hall–Kier alpha value is -4.84. The second-order valence-electron chi connectivity index (χ2n) is 9.90. The van der Waals surface area contributed by atoms with Crippen molar-refractivity contribution in [1.82, 2.24) is 24.4 Å². The minimum absolute atomic E-state index is 0.0153. The smallest absolute Gasteiger partial charge is 0.245 e. The van der Waals surface area contributed by atoms with Gasteiger partial charge in [-0.25, -0.2) is 15.0 Å². The van der Waals surface area contributed by atoms with Crippen LogP contribution >= 0.6 is 0 Å². The number of ether oxygens (including phenoxy) is 2. The van der Waals surface area contributed by atoms with Crippen LogP contribution in [0.1, 0.15) is 11.4 Å². The highest BCUT2D eigenvalue weighted by molar-refractivity contribution is 6.03. The first-order valence-corrected chi connectivity index (χ1v) is 12.7. The van der Waals surface area contributed by atoms with E-state index in [4.69, 9.17) is 15.2 Å². The van der Waals surface area contributed by atoms with Crippen molar-refractivity contribution in [3.05, 3.63) is 66.8 Å². The third kappa shape index (κ3) is 4.24. The van der Waals surface area contributed by atoms with Crippen molar-refractivity contribution in [2.24, 2.45) is 24.8 Å². The molecule has 1 saturated heterocycles. The average molecular weight is 521 g/mol. The normalized spacial score (nSPS) is 19.3. The van der Waals surface area contributed by atoms with Gasteiger partial charge in [0.1, 0.15) is 23.5 Å². The number of rotatable bonds is 5. The Morgan fingerprint density at radius 3 is 2.69 bits per heavy atom. The average Bonchev–Trinajstić information content (AvgIpc) is 3.25. The van der Waals surface area contributed by atoms with E-state index in [1.807, 2.05) is 53.8 Å². The van der Waals surface area contributed by atoms with Gasteiger partial charge in [-0.3, -0.25) is 4.79 Å². The van der Waals surface area contributed by atoms with Crippen molar-refractivity contribution in [1.29, 1.82) is 0 Å². The summed E-state index contributed by atoms with van der Waals surface area (Å²) in [5.41, 5.74) is 10.4. The molecule has 1 amide bonds. The van der Waals surface area contributed by atoms with E-state index in [0.29, 0.717) is 40.7 Å². The highest BCUT2D eigenvalue weighted by Crippen LogP contribution is 2.51. The van der Waals surface area contributed by atoms with Gasteiger partial charge in [-0.2, -0.15) is 0 Å². The van der Waals surface area contributed by atoms with Crippen LogP contribution in [0.15, 0.2) is 55.4 Å². The maximum Gasteiger partial charge on any atom is 0.245 e. The number of likely N-dealkylation sites (tertiary alicyclic amines) is 1. The van der Waals surface area contributed by atoms with Crippen LogP contribution in [-0.2, 0) is 11.8 Å². The van der Waals surface area contributed by atoms with Crippen molar-refractivity contribution in [3.8, 4) is 40.3 Å². The lowest BCUT2D eigenvalue weighted by atomic mass is 10.0. The zero-order valence-electron chi connectivity index (χ0n) is 22.0. The van der Waals surface area contributed by atoms with E-state index >= 15 is 0 Å². The second kappa shape index (κ2) is 9.48. The van der Waals surface area contributed by atoms with Gasteiger partial charge in [-0.15, -0.1) is 0 Å². The Bertz CT molecular complexity index is 1690. The van der Waals surface area contributed by atoms with Crippen LogP contribution in [0, 0.1) is 36.5 Å². The highest BCUT2D eigenvalue weighted by Gasteiger charge is 2.55. The molecular formula is C30H28N6O3. The molecule has 0 unspecified atom stereocenters. The first-order valence-electron chi connectivity index (χ1n) is 12.7. The minimum Gasteiger partial charge on any atom is -0.493 e. The first-order chi connectivity index (χ1) is 18.9. The molecule has 2 N–H and O–H groups in total. The predicted molar refractivity (Wildman–Crippen MR) is 148 cm³/mol. The fraction of sp³-hybridized carbons (Fsp3) is 0.267. The largest absolute Gasteiger partial charge is 0.493 e. The molecule has 1 aromatic carbocycles. The third-order valence-electron chi connectivity index (χ3n) is 7.56. The van der Waals surface area contributed by atoms with Crippen molar-refractivity contribution < 1.29 is 14.3 Å². The molecule has 2 aliphatic rings. The fourth-order valence-corrected chi connectivity index (χ4v) is 5.50. The lowest BCUT2D eigenvalue weighted by molar-refractivity contribution is -0.125. The molecule has 1 aliphatic heterocycles. The van der Waals surface area contributed by atoms with Gasteiger partial charge in [-0.05, 0) is 54.5 Å². The van der Waals surface area contributed by atoms with Crippen LogP contribution in [0.4, 0.5) is 5.82 Å². The summed E-state index contributed by atoms with van der Waals surface area (Å²) in [6.07, 6.45) is 2.84. The van der Waals surface area contributed by atoms with E-state index in [2.05, 4.69) is 33.4 Å². The molecule has 1 aliphatic carbocycles.